The molecule has 0 atom stereocenters. The maximum atomic E-state index is 11.3. The van der Waals surface area contributed by atoms with E-state index in [0.717, 1.165) is 0 Å². The van der Waals surface area contributed by atoms with Gasteiger partial charge in [0.25, 0.3) is 5.91 Å². The van der Waals surface area contributed by atoms with Gasteiger partial charge in [0.1, 0.15) is 11.4 Å². The maximum absolute atomic E-state index is 11.3. The van der Waals surface area contributed by atoms with Crippen LogP contribution in [-0.4, -0.2) is 16.1 Å². The molecule has 0 spiro atoms. The predicted molar refractivity (Wildman–Crippen MR) is 65.0 cm³/mol. The quantitative estimate of drug-likeness (QED) is 0.524. The van der Waals surface area contributed by atoms with Crippen LogP contribution in [0.1, 0.15) is 5.56 Å². The van der Waals surface area contributed by atoms with Gasteiger partial charge in [-0.2, -0.15) is 0 Å². The fraction of sp³-hybridized carbons (Fsp3) is 0. The molecule has 1 aromatic rings. The first kappa shape index (κ1) is 10.9. The van der Waals surface area contributed by atoms with Crippen LogP contribution in [-0.2, 0) is 4.79 Å². The van der Waals surface area contributed by atoms with E-state index in [1.54, 1.807) is 18.2 Å². The second kappa shape index (κ2) is 4.11. The van der Waals surface area contributed by atoms with E-state index >= 15 is 0 Å². The second-order valence-corrected chi connectivity index (χ2v) is 3.99. The van der Waals surface area contributed by atoms with E-state index in [2.05, 4.69) is 10.6 Å². The van der Waals surface area contributed by atoms with Crippen LogP contribution in [0.5, 0.6) is 5.75 Å². The summed E-state index contributed by atoms with van der Waals surface area (Å²) in [6.45, 7) is 0. The lowest BCUT2D eigenvalue weighted by molar-refractivity contribution is -0.115. The van der Waals surface area contributed by atoms with Gasteiger partial charge in [-0.1, -0.05) is 17.7 Å². The van der Waals surface area contributed by atoms with E-state index in [4.69, 9.17) is 23.8 Å². The third kappa shape index (κ3) is 2.15. The van der Waals surface area contributed by atoms with Crippen LogP contribution in [0.2, 0.25) is 5.02 Å². The summed E-state index contributed by atoms with van der Waals surface area (Å²) in [6, 6.07) is 4.66. The molecule has 1 heterocycles. The van der Waals surface area contributed by atoms with E-state index < -0.39 is 0 Å². The van der Waals surface area contributed by atoms with Gasteiger partial charge in [-0.05, 0) is 36.0 Å². The highest BCUT2D eigenvalue weighted by Crippen LogP contribution is 2.24. The van der Waals surface area contributed by atoms with Crippen molar-refractivity contribution in [2.45, 2.75) is 0 Å². The zero-order chi connectivity index (χ0) is 11.7. The second-order valence-electron chi connectivity index (χ2n) is 3.18. The lowest BCUT2D eigenvalue weighted by Gasteiger charge is -1.99. The molecule has 82 valence electrons. The average Bonchev–Trinajstić information content (AvgIpc) is 2.51. The number of nitrogens with one attached hydrogen (secondary N) is 2. The topological polar surface area (TPSA) is 61.4 Å². The summed E-state index contributed by atoms with van der Waals surface area (Å²) in [5.41, 5.74) is 1.05. The summed E-state index contributed by atoms with van der Waals surface area (Å²) >= 11 is 10.5. The summed E-state index contributed by atoms with van der Waals surface area (Å²) < 4.78 is 0. The van der Waals surface area contributed by atoms with Crippen molar-refractivity contribution in [1.82, 2.24) is 10.6 Å². The molecule has 1 fully saturated rings. The van der Waals surface area contributed by atoms with Gasteiger partial charge in [-0.25, -0.2) is 0 Å². The van der Waals surface area contributed by atoms with Gasteiger partial charge in [-0.3, -0.25) is 10.1 Å². The van der Waals surface area contributed by atoms with Gasteiger partial charge in [-0.15, -0.1) is 0 Å². The molecule has 0 saturated carbocycles. The Morgan fingerprint density at radius 2 is 2.12 bits per heavy atom. The Morgan fingerprint density at radius 1 is 1.38 bits per heavy atom. The van der Waals surface area contributed by atoms with E-state index in [1.165, 1.54) is 6.07 Å². The van der Waals surface area contributed by atoms with Crippen molar-refractivity contribution in [3.05, 3.63) is 34.5 Å². The van der Waals surface area contributed by atoms with Gasteiger partial charge >= 0.3 is 0 Å². The molecular formula is C10H7ClN2O2S. The Kier molecular flexibility index (Phi) is 2.80. The Bertz CT molecular complexity index is 514. The van der Waals surface area contributed by atoms with Crippen LogP contribution in [0.3, 0.4) is 0 Å². The Labute approximate surface area is 102 Å². The van der Waals surface area contributed by atoms with E-state index in [0.29, 0.717) is 11.3 Å². The van der Waals surface area contributed by atoms with Crippen molar-refractivity contribution in [3.63, 3.8) is 0 Å². The van der Waals surface area contributed by atoms with Crippen LogP contribution in [0.15, 0.2) is 23.9 Å². The summed E-state index contributed by atoms with van der Waals surface area (Å²) in [4.78, 5) is 11.3. The Morgan fingerprint density at radius 3 is 2.69 bits per heavy atom. The SMILES string of the molecule is O=C1NC(=S)N/C1=C\c1ccc(O)c(Cl)c1. The molecule has 4 nitrogen and oxygen atoms in total. The summed E-state index contributed by atoms with van der Waals surface area (Å²) in [5.74, 6) is -0.280. The Hall–Kier alpha value is -1.59. The van der Waals surface area contributed by atoms with Crippen LogP contribution >= 0.6 is 23.8 Å². The molecule has 6 heteroatoms. The predicted octanol–water partition coefficient (Wildman–Crippen LogP) is 1.39. The molecule has 1 amide bonds. The molecule has 1 aliphatic rings. The van der Waals surface area contributed by atoms with Crippen molar-refractivity contribution >= 4 is 40.9 Å². The number of phenolic OH excluding ortho intramolecular Hbond substituents is 1. The van der Waals surface area contributed by atoms with E-state index in [9.17, 15) is 9.90 Å². The highest BCUT2D eigenvalue weighted by Gasteiger charge is 2.19. The normalized spacial score (nSPS) is 17.4. The highest BCUT2D eigenvalue weighted by atomic mass is 35.5. The number of carbonyl (C=O) groups is 1. The van der Waals surface area contributed by atoms with Crippen molar-refractivity contribution in [1.29, 1.82) is 0 Å². The minimum atomic E-state index is -0.283. The van der Waals surface area contributed by atoms with Crippen molar-refractivity contribution in [2.24, 2.45) is 0 Å². The van der Waals surface area contributed by atoms with Gasteiger partial charge in [0, 0.05) is 0 Å². The smallest absolute Gasteiger partial charge is 0.273 e. The van der Waals surface area contributed by atoms with E-state index in [-0.39, 0.29) is 21.8 Å². The fourth-order valence-electron chi connectivity index (χ4n) is 1.26. The summed E-state index contributed by atoms with van der Waals surface area (Å²) in [5, 5.41) is 14.9. The zero-order valence-electron chi connectivity index (χ0n) is 7.95. The number of hydrogen-bond acceptors (Lipinski definition) is 3. The summed E-state index contributed by atoms with van der Waals surface area (Å²) in [6.07, 6.45) is 1.60. The van der Waals surface area contributed by atoms with Gasteiger partial charge < -0.3 is 10.4 Å². The number of hydrogen-bond donors (Lipinski definition) is 3. The van der Waals surface area contributed by atoms with Gasteiger partial charge in [0.05, 0.1) is 5.02 Å². The van der Waals surface area contributed by atoms with Crippen LogP contribution in [0, 0.1) is 0 Å². The number of thiocarbonyl (C=S) groups is 1. The number of aromatic hydroxyl groups is 1. The first-order valence-electron chi connectivity index (χ1n) is 4.39. The number of phenols is 1. The zero-order valence-corrected chi connectivity index (χ0v) is 9.52. The number of amides is 1. The lowest BCUT2D eigenvalue weighted by Crippen LogP contribution is -2.21. The van der Waals surface area contributed by atoms with Gasteiger partial charge in [0.15, 0.2) is 5.11 Å². The molecule has 0 aromatic heterocycles. The first-order chi connectivity index (χ1) is 7.56. The van der Waals surface area contributed by atoms with E-state index in [1.807, 2.05) is 0 Å². The maximum Gasteiger partial charge on any atom is 0.273 e. The number of benzene rings is 1. The number of carbonyl (C=O) groups excluding carboxylic acids is 1. The molecule has 3 N–H and O–H groups in total. The molecular weight excluding hydrogens is 248 g/mol. The highest BCUT2D eigenvalue weighted by molar-refractivity contribution is 7.80. The molecule has 0 aliphatic carbocycles. The molecule has 1 saturated heterocycles. The molecule has 2 rings (SSSR count). The minimum Gasteiger partial charge on any atom is -0.506 e. The first-order valence-corrected chi connectivity index (χ1v) is 5.17. The fourth-order valence-corrected chi connectivity index (χ4v) is 1.65. The van der Waals surface area contributed by atoms with Crippen molar-refractivity contribution < 1.29 is 9.90 Å². The monoisotopic (exact) mass is 254 g/mol. The number of rotatable bonds is 1. The van der Waals surface area contributed by atoms with Crippen molar-refractivity contribution in [2.75, 3.05) is 0 Å². The van der Waals surface area contributed by atoms with Crippen LogP contribution in [0.25, 0.3) is 6.08 Å². The largest absolute Gasteiger partial charge is 0.506 e. The van der Waals surface area contributed by atoms with Crippen LogP contribution in [0.4, 0.5) is 0 Å². The van der Waals surface area contributed by atoms with Crippen LogP contribution < -0.4 is 10.6 Å². The van der Waals surface area contributed by atoms with Gasteiger partial charge in [0.2, 0.25) is 0 Å². The Balaban J connectivity index is 2.32. The molecule has 0 bridgehead atoms. The standard InChI is InChI=1S/C10H7ClN2O2S/c11-6-3-5(1-2-8(6)14)4-7-9(15)13-10(16)12-7/h1-4,14H,(H2,12,13,15,16)/b7-4-. The lowest BCUT2D eigenvalue weighted by atomic mass is 10.2. The summed E-state index contributed by atoms with van der Waals surface area (Å²) in [7, 11) is 0. The third-order valence-electron chi connectivity index (χ3n) is 2.00. The molecule has 0 unspecified atom stereocenters. The average molecular weight is 255 g/mol. The third-order valence-corrected chi connectivity index (χ3v) is 2.51. The number of halogens is 1. The molecule has 1 aliphatic heterocycles. The van der Waals surface area contributed by atoms with Crippen molar-refractivity contribution in [3.8, 4) is 5.75 Å². The molecule has 0 radical (unpaired) electrons. The molecule has 16 heavy (non-hydrogen) atoms. The molecule has 1 aromatic carbocycles. The minimum absolute atomic E-state index is 0.00294.